The second kappa shape index (κ2) is 9.90. The number of hydrogen-bond donors (Lipinski definition) is 0. The molecule has 0 saturated carbocycles. The molecule has 1 amide bonds. The summed E-state index contributed by atoms with van der Waals surface area (Å²) in [6.07, 6.45) is 2.05. The van der Waals surface area contributed by atoms with Gasteiger partial charge < -0.3 is 23.5 Å². The van der Waals surface area contributed by atoms with Crippen LogP contribution in [0.15, 0.2) is 35.3 Å². The Morgan fingerprint density at radius 2 is 1.73 bits per heavy atom. The molecule has 0 aliphatic heterocycles. The molecule has 2 aromatic carbocycles. The lowest BCUT2D eigenvalue weighted by atomic mass is 10.1. The van der Waals surface area contributed by atoms with E-state index in [0.29, 0.717) is 27.6 Å². The summed E-state index contributed by atoms with van der Waals surface area (Å²) in [5, 5.41) is 0. The number of nitrogens with zero attached hydrogens (tertiary/aromatic N) is 2. The first-order valence-corrected chi connectivity index (χ1v) is 11.3. The van der Waals surface area contributed by atoms with Gasteiger partial charge in [-0.25, -0.2) is 0 Å². The third-order valence-corrected chi connectivity index (χ3v) is 6.15. The largest absolute Gasteiger partial charge is 0.497 e. The molecule has 0 fully saturated rings. The van der Waals surface area contributed by atoms with Crippen molar-refractivity contribution in [3.05, 3.63) is 40.7 Å². The standard InChI is InChI=1S/C21H24N2O5S2/c1-25-14-6-7-15-18(12-14)30-21(23(15)8-9-29-5)22-20(24)13-10-16(26-2)19(28-4)17(11-13)27-3/h6-7,10-12H,8-9H2,1-5H3. The lowest BCUT2D eigenvalue weighted by Crippen LogP contribution is -2.18. The molecule has 0 atom stereocenters. The van der Waals surface area contributed by atoms with Gasteiger partial charge >= 0.3 is 0 Å². The molecule has 0 radical (unpaired) electrons. The molecule has 0 aliphatic carbocycles. The van der Waals surface area contributed by atoms with E-state index in [1.807, 2.05) is 18.2 Å². The Kier molecular flexibility index (Phi) is 7.28. The van der Waals surface area contributed by atoms with Crippen LogP contribution in [0.4, 0.5) is 0 Å². The first kappa shape index (κ1) is 22.0. The van der Waals surface area contributed by atoms with Crippen molar-refractivity contribution in [2.75, 3.05) is 40.4 Å². The molecule has 7 nitrogen and oxygen atoms in total. The van der Waals surface area contributed by atoms with Crippen LogP contribution in [-0.2, 0) is 6.54 Å². The van der Waals surface area contributed by atoms with E-state index in [0.717, 1.165) is 28.3 Å². The highest BCUT2D eigenvalue weighted by Gasteiger charge is 2.17. The van der Waals surface area contributed by atoms with Crippen molar-refractivity contribution < 1.29 is 23.7 Å². The zero-order valence-electron chi connectivity index (χ0n) is 17.6. The molecule has 0 N–H and O–H groups in total. The fourth-order valence-corrected chi connectivity index (χ4v) is 4.47. The van der Waals surface area contributed by atoms with E-state index in [4.69, 9.17) is 18.9 Å². The maximum absolute atomic E-state index is 13.0. The molecule has 3 aromatic rings. The topological polar surface area (TPSA) is 71.3 Å². The Labute approximate surface area is 183 Å². The molecule has 0 saturated heterocycles. The van der Waals surface area contributed by atoms with Gasteiger partial charge in [0.2, 0.25) is 5.75 Å². The molecule has 0 spiro atoms. The summed E-state index contributed by atoms with van der Waals surface area (Å²) in [6.45, 7) is 0.745. The average Bonchev–Trinajstić information content (AvgIpc) is 3.11. The monoisotopic (exact) mass is 448 g/mol. The number of fused-ring (bicyclic) bond motifs is 1. The zero-order valence-corrected chi connectivity index (χ0v) is 19.2. The van der Waals surface area contributed by atoms with Gasteiger partial charge in [-0.1, -0.05) is 11.3 Å². The number of benzene rings is 2. The molecular weight excluding hydrogens is 424 g/mol. The minimum atomic E-state index is -0.384. The summed E-state index contributed by atoms with van der Waals surface area (Å²) in [4.78, 5) is 18.1. The SMILES string of the molecule is COc1ccc2c(c1)sc(=NC(=O)c1cc(OC)c(OC)c(OC)c1)n2CCSC. The molecule has 160 valence electrons. The summed E-state index contributed by atoms with van der Waals surface area (Å²) in [5.41, 5.74) is 1.38. The molecule has 0 unspecified atom stereocenters. The molecule has 3 rings (SSSR count). The van der Waals surface area contributed by atoms with Crippen molar-refractivity contribution in [3.63, 3.8) is 0 Å². The van der Waals surface area contributed by atoms with Crippen LogP contribution in [0.1, 0.15) is 10.4 Å². The van der Waals surface area contributed by atoms with E-state index in [2.05, 4.69) is 15.8 Å². The highest BCUT2D eigenvalue weighted by molar-refractivity contribution is 7.98. The molecule has 1 aromatic heterocycles. The number of rotatable bonds is 8. The van der Waals surface area contributed by atoms with Crippen molar-refractivity contribution >= 4 is 39.2 Å². The number of thiazole rings is 1. The highest BCUT2D eigenvalue weighted by Crippen LogP contribution is 2.38. The predicted molar refractivity (Wildman–Crippen MR) is 121 cm³/mol. The van der Waals surface area contributed by atoms with Crippen LogP contribution < -0.4 is 23.7 Å². The number of hydrogen-bond acceptors (Lipinski definition) is 7. The molecule has 30 heavy (non-hydrogen) atoms. The van der Waals surface area contributed by atoms with Crippen molar-refractivity contribution in [1.82, 2.24) is 4.57 Å². The van der Waals surface area contributed by atoms with Crippen molar-refractivity contribution in [2.24, 2.45) is 4.99 Å². The number of carbonyl (C=O) groups is 1. The lowest BCUT2D eigenvalue weighted by Gasteiger charge is -2.12. The number of ether oxygens (including phenoxy) is 4. The summed E-state index contributed by atoms with van der Waals surface area (Å²) >= 11 is 3.19. The Morgan fingerprint density at radius 1 is 1.03 bits per heavy atom. The number of aromatic nitrogens is 1. The molecule has 9 heteroatoms. The van der Waals surface area contributed by atoms with Crippen molar-refractivity contribution in [3.8, 4) is 23.0 Å². The van der Waals surface area contributed by atoms with Gasteiger partial charge in [0.25, 0.3) is 5.91 Å². The second-order valence-corrected chi connectivity index (χ2v) is 8.19. The van der Waals surface area contributed by atoms with Gasteiger partial charge in [0.15, 0.2) is 16.3 Å². The summed E-state index contributed by atoms with van der Waals surface area (Å²) in [7, 11) is 6.18. The van der Waals surface area contributed by atoms with E-state index in [9.17, 15) is 4.79 Å². The van der Waals surface area contributed by atoms with Crippen LogP contribution in [0.25, 0.3) is 10.2 Å². The van der Waals surface area contributed by atoms with Crippen molar-refractivity contribution in [1.29, 1.82) is 0 Å². The van der Waals surface area contributed by atoms with E-state index < -0.39 is 0 Å². The molecule has 0 aliphatic rings. The van der Waals surface area contributed by atoms with Crippen LogP contribution in [0, 0.1) is 0 Å². The van der Waals surface area contributed by atoms with Gasteiger partial charge in [-0.2, -0.15) is 16.8 Å². The van der Waals surface area contributed by atoms with E-state index in [1.165, 1.54) is 32.7 Å². The third-order valence-electron chi connectivity index (χ3n) is 4.52. The molecule has 1 heterocycles. The Hall–Kier alpha value is -2.65. The van der Waals surface area contributed by atoms with Crippen LogP contribution in [0.3, 0.4) is 0 Å². The van der Waals surface area contributed by atoms with Gasteiger partial charge in [0, 0.05) is 17.9 Å². The minimum absolute atomic E-state index is 0.357. The predicted octanol–water partition coefficient (Wildman–Crippen LogP) is 3.84. The number of thioether (sulfide) groups is 1. The highest BCUT2D eigenvalue weighted by atomic mass is 32.2. The molecular formula is C21H24N2O5S2. The van der Waals surface area contributed by atoms with Crippen LogP contribution in [0.5, 0.6) is 23.0 Å². The molecule has 0 bridgehead atoms. The Balaban J connectivity index is 2.12. The van der Waals surface area contributed by atoms with Gasteiger partial charge in [0.1, 0.15) is 5.75 Å². The lowest BCUT2D eigenvalue weighted by molar-refractivity contribution is 0.0997. The van der Waals surface area contributed by atoms with Gasteiger partial charge in [-0.3, -0.25) is 4.79 Å². The smallest absolute Gasteiger partial charge is 0.279 e. The van der Waals surface area contributed by atoms with E-state index >= 15 is 0 Å². The van der Waals surface area contributed by atoms with Gasteiger partial charge in [-0.05, 0) is 36.6 Å². The quantitative estimate of drug-likeness (QED) is 0.521. The Bertz CT molecular complexity index is 1100. The van der Waals surface area contributed by atoms with Crippen molar-refractivity contribution in [2.45, 2.75) is 6.54 Å². The normalized spacial score (nSPS) is 11.6. The first-order chi connectivity index (χ1) is 14.6. The van der Waals surface area contributed by atoms with E-state index in [1.54, 1.807) is 31.0 Å². The number of methoxy groups -OCH3 is 4. The maximum Gasteiger partial charge on any atom is 0.279 e. The fourth-order valence-electron chi connectivity index (χ4n) is 3.02. The maximum atomic E-state index is 13.0. The second-order valence-electron chi connectivity index (χ2n) is 6.19. The summed E-state index contributed by atoms with van der Waals surface area (Å²) in [6, 6.07) is 9.08. The number of amides is 1. The van der Waals surface area contributed by atoms with Gasteiger partial charge in [0.05, 0.1) is 38.7 Å². The van der Waals surface area contributed by atoms with Crippen LogP contribution in [-0.4, -0.2) is 50.9 Å². The van der Waals surface area contributed by atoms with Gasteiger partial charge in [-0.15, -0.1) is 0 Å². The zero-order chi connectivity index (χ0) is 21.7. The third kappa shape index (κ3) is 4.41. The minimum Gasteiger partial charge on any atom is -0.497 e. The number of aryl methyl sites for hydroxylation is 1. The summed E-state index contributed by atoms with van der Waals surface area (Å²) in [5.74, 6) is 2.54. The average molecular weight is 449 g/mol. The van der Waals surface area contributed by atoms with Crippen LogP contribution >= 0.6 is 23.1 Å². The van der Waals surface area contributed by atoms with Crippen LogP contribution in [0.2, 0.25) is 0 Å². The Morgan fingerprint density at radius 3 is 2.30 bits per heavy atom. The summed E-state index contributed by atoms with van der Waals surface area (Å²) < 4.78 is 24.4. The fraction of sp³-hybridized carbons (Fsp3) is 0.333. The van der Waals surface area contributed by atoms with E-state index in [-0.39, 0.29) is 5.91 Å². The first-order valence-electron chi connectivity index (χ1n) is 9.11. The number of carbonyl (C=O) groups excluding carboxylic acids is 1.